The van der Waals surface area contributed by atoms with E-state index in [1.165, 1.54) is 57.3 Å². The van der Waals surface area contributed by atoms with Crippen LogP contribution in [0.4, 0.5) is 0 Å². The first-order chi connectivity index (χ1) is 17.4. The number of ether oxygens (including phenoxy) is 4. The average Bonchev–Trinajstić information content (AvgIpc) is 2.91. The van der Waals surface area contributed by atoms with Crippen molar-refractivity contribution < 1.29 is 63.2 Å². The molecule has 37 heavy (non-hydrogen) atoms. The molecule has 0 amide bonds. The van der Waals surface area contributed by atoms with Gasteiger partial charge in [-0.05, 0) is 53.4 Å². The Bertz CT molecular complexity index is 1520. The number of hydrogen-bond acceptors (Lipinski definition) is 7. The molecule has 0 aliphatic carbocycles. The standard InChI is InChI=1S/C27H23NO8.Na/c1-33-20-13-16(14-21(34-2)24(20)35-3)22-18-7-5-6-8-19(18)25(29)28(23(22)27(32)36-4)17-11-9-15(10-12-17)26(30)31;/h5-14H,1-4H3,(H,30,31);/q;+1. The largest absolute Gasteiger partial charge is 1.00 e. The maximum absolute atomic E-state index is 13.7. The molecule has 1 aromatic heterocycles. The van der Waals surface area contributed by atoms with Crippen LogP contribution in [0, 0.1) is 0 Å². The van der Waals surface area contributed by atoms with Gasteiger partial charge in [-0.1, -0.05) is 18.2 Å². The number of esters is 1. The quantitative estimate of drug-likeness (QED) is 0.290. The van der Waals surface area contributed by atoms with E-state index in [1.54, 1.807) is 36.4 Å². The molecule has 0 bridgehead atoms. The van der Waals surface area contributed by atoms with Crippen LogP contribution in [0.2, 0.25) is 0 Å². The summed E-state index contributed by atoms with van der Waals surface area (Å²) in [5.74, 6) is -0.793. The molecule has 0 atom stereocenters. The Kier molecular flexibility index (Phi) is 8.65. The van der Waals surface area contributed by atoms with E-state index in [9.17, 15) is 19.5 Å². The van der Waals surface area contributed by atoms with E-state index in [1.807, 2.05) is 0 Å². The van der Waals surface area contributed by atoms with Gasteiger partial charge in [-0.2, -0.15) is 0 Å². The van der Waals surface area contributed by atoms with Crippen molar-refractivity contribution in [3.8, 4) is 34.1 Å². The molecular formula is C27H23NNaO8+. The van der Waals surface area contributed by atoms with Gasteiger partial charge >= 0.3 is 41.5 Å². The molecule has 9 nitrogen and oxygen atoms in total. The Morgan fingerprint density at radius 2 is 1.38 bits per heavy atom. The Hall–Kier alpha value is -3.79. The van der Waals surface area contributed by atoms with Crippen molar-refractivity contribution in [2.24, 2.45) is 0 Å². The fourth-order valence-electron chi connectivity index (χ4n) is 4.16. The maximum atomic E-state index is 13.7. The van der Waals surface area contributed by atoms with Crippen LogP contribution >= 0.6 is 0 Å². The normalized spacial score (nSPS) is 10.4. The second kappa shape index (κ2) is 11.5. The predicted molar refractivity (Wildman–Crippen MR) is 133 cm³/mol. The Morgan fingerprint density at radius 3 is 1.86 bits per heavy atom. The van der Waals surface area contributed by atoms with Crippen LogP contribution in [0.5, 0.6) is 17.2 Å². The van der Waals surface area contributed by atoms with E-state index in [0.717, 1.165) is 0 Å². The summed E-state index contributed by atoms with van der Waals surface area (Å²) in [5.41, 5.74) is 0.737. The second-order valence-electron chi connectivity index (χ2n) is 7.67. The van der Waals surface area contributed by atoms with E-state index >= 15 is 0 Å². The number of fused-ring (bicyclic) bond motifs is 1. The van der Waals surface area contributed by atoms with Crippen molar-refractivity contribution in [3.05, 3.63) is 82.3 Å². The van der Waals surface area contributed by atoms with Gasteiger partial charge in [0.2, 0.25) is 5.75 Å². The molecule has 0 aliphatic heterocycles. The zero-order chi connectivity index (χ0) is 26.0. The van der Waals surface area contributed by atoms with Crippen LogP contribution in [0.25, 0.3) is 27.6 Å². The third-order valence-corrected chi connectivity index (χ3v) is 5.79. The number of pyridine rings is 1. The van der Waals surface area contributed by atoms with Crippen molar-refractivity contribution >= 4 is 22.7 Å². The first-order valence-electron chi connectivity index (χ1n) is 10.8. The molecule has 3 aromatic carbocycles. The molecule has 0 radical (unpaired) electrons. The minimum Gasteiger partial charge on any atom is -0.493 e. The molecule has 10 heteroatoms. The SMILES string of the molecule is COC(=O)c1c(-c2cc(OC)c(OC)c(OC)c2)c2ccccc2c(=O)n1-c1ccc(C(=O)O)cc1.[Na+]. The molecule has 4 aromatic rings. The van der Waals surface area contributed by atoms with Crippen molar-refractivity contribution in [2.75, 3.05) is 28.4 Å². The number of rotatable bonds is 7. The number of benzene rings is 3. The van der Waals surface area contributed by atoms with Gasteiger partial charge in [-0.3, -0.25) is 9.36 Å². The topological polar surface area (TPSA) is 113 Å². The molecule has 0 saturated heterocycles. The number of aromatic nitrogens is 1. The Morgan fingerprint density at radius 1 is 0.811 bits per heavy atom. The number of carboxylic acid groups (broad SMARTS) is 1. The summed E-state index contributed by atoms with van der Waals surface area (Å²) in [6.07, 6.45) is 0. The van der Waals surface area contributed by atoms with Gasteiger partial charge in [0.25, 0.3) is 5.56 Å². The summed E-state index contributed by atoms with van der Waals surface area (Å²) in [6.45, 7) is 0. The molecule has 0 aliphatic rings. The van der Waals surface area contributed by atoms with E-state index < -0.39 is 17.5 Å². The molecule has 1 heterocycles. The zero-order valence-electron chi connectivity index (χ0n) is 21.0. The second-order valence-corrected chi connectivity index (χ2v) is 7.67. The Balaban J connectivity index is 0.00000380. The van der Waals surface area contributed by atoms with E-state index in [0.29, 0.717) is 44.8 Å². The average molecular weight is 512 g/mol. The van der Waals surface area contributed by atoms with E-state index in [2.05, 4.69) is 0 Å². The van der Waals surface area contributed by atoms with Crippen LogP contribution in [0.3, 0.4) is 0 Å². The number of aromatic carboxylic acids is 1. The number of nitrogens with zero attached hydrogens (tertiary/aromatic N) is 1. The van der Waals surface area contributed by atoms with Crippen LogP contribution in [-0.2, 0) is 4.74 Å². The zero-order valence-corrected chi connectivity index (χ0v) is 23.0. The summed E-state index contributed by atoms with van der Waals surface area (Å²) in [5, 5.41) is 10.1. The van der Waals surface area contributed by atoms with Crippen LogP contribution in [0.15, 0.2) is 65.5 Å². The Labute approximate surface area is 234 Å². The van der Waals surface area contributed by atoms with E-state index in [-0.39, 0.29) is 40.8 Å². The van der Waals surface area contributed by atoms with Gasteiger partial charge in [-0.25, -0.2) is 9.59 Å². The molecule has 1 N–H and O–H groups in total. The van der Waals surface area contributed by atoms with Gasteiger partial charge in [0, 0.05) is 16.6 Å². The van der Waals surface area contributed by atoms with Gasteiger partial charge in [0.05, 0.1) is 34.0 Å². The number of carbonyl (C=O) groups is 2. The van der Waals surface area contributed by atoms with Crippen LogP contribution in [0.1, 0.15) is 20.8 Å². The number of hydrogen-bond donors (Lipinski definition) is 1. The number of carboxylic acids is 1. The first-order valence-corrected chi connectivity index (χ1v) is 10.8. The summed E-state index contributed by atoms with van der Waals surface area (Å²) in [7, 11) is 5.66. The first kappa shape index (κ1) is 27.8. The monoisotopic (exact) mass is 512 g/mol. The minimum atomic E-state index is -1.11. The van der Waals surface area contributed by atoms with Crippen molar-refractivity contribution in [1.82, 2.24) is 4.57 Å². The molecule has 0 fully saturated rings. The third-order valence-electron chi connectivity index (χ3n) is 5.79. The predicted octanol–water partition coefficient (Wildman–Crippen LogP) is 1.17. The fraction of sp³-hybridized carbons (Fsp3) is 0.148. The molecule has 0 saturated carbocycles. The van der Waals surface area contributed by atoms with Gasteiger partial charge in [0.1, 0.15) is 5.69 Å². The van der Waals surface area contributed by atoms with Crippen molar-refractivity contribution in [1.29, 1.82) is 0 Å². The van der Waals surface area contributed by atoms with Gasteiger partial charge < -0.3 is 24.1 Å². The van der Waals surface area contributed by atoms with Crippen LogP contribution < -0.4 is 49.3 Å². The fourth-order valence-corrected chi connectivity index (χ4v) is 4.16. The maximum Gasteiger partial charge on any atom is 1.00 e. The molecule has 0 spiro atoms. The minimum absolute atomic E-state index is 0. The summed E-state index contributed by atoms with van der Waals surface area (Å²) >= 11 is 0. The summed E-state index contributed by atoms with van der Waals surface area (Å²) < 4.78 is 22.8. The van der Waals surface area contributed by atoms with Crippen molar-refractivity contribution in [3.63, 3.8) is 0 Å². The summed E-state index contributed by atoms with van der Waals surface area (Å²) in [4.78, 5) is 38.3. The smallest absolute Gasteiger partial charge is 0.493 e. The van der Waals surface area contributed by atoms with E-state index in [4.69, 9.17) is 18.9 Å². The molecular weight excluding hydrogens is 489 g/mol. The molecule has 4 rings (SSSR count). The summed E-state index contributed by atoms with van der Waals surface area (Å²) in [6, 6.07) is 15.9. The number of methoxy groups -OCH3 is 4. The molecule has 0 unspecified atom stereocenters. The van der Waals surface area contributed by atoms with Crippen LogP contribution in [-0.4, -0.2) is 50.1 Å². The third kappa shape index (κ3) is 4.93. The van der Waals surface area contributed by atoms with Gasteiger partial charge in [0.15, 0.2) is 11.5 Å². The molecule has 184 valence electrons. The van der Waals surface area contributed by atoms with Crippen molar-refractivity contribution in [2.45, 2.75) is 0 Å². The van der Waals surface area contributed by atoms with Gasteiger partial charge in [-0.15, -0.1) is 0 Å². The number of carbonyl (C=O) groups excluding carboxylic acids is 1.